The highest BCUT2D eigenvalue weighted by Gasteiger charge is 2.06. The lowest BCUT2D eigenvalue weighted by Gasteiger charge is -2.10. The number of carbonyl (C=O) groups is 1. The van der Waals surface area contributed by atoms with E-state index in [1.807, 2.05) is 37.3 Å². The Bertz CT molecular complexity index is 614. The Hall–Kier alpha value is -1.52. The number of ether oxygens (including phenoxy) is 1. The lowest BCUT2D eigenvalue weighted by Crippen LogP contribution is -2.20. The van der Waals surface area contributed by atoms with E-state index < -0.39 is 0 Å². The molecule has 0 radical (unpaired) electrons. The number of aryl methyl sites for hydroxylation is 1. The van der Waals surface area contributed by atoms with Crippen LogP contribution in [0.5, 0.6) is 5.75 Å². The molecule has 2 aromatic rings. The van der Waals surface area contributed by atoms with Crippen LogP contribution in [0.1, 0.15) is 5.56 Å². The van der Waals surface area contributed by atoms with Crippen LogP contribution < -0.4 is 10.1 Å². The molecular formula is C15H13BrClNO2. The molecule has 0 saturated carbocycles. The summed E-state index contributed by atoms with van der Waals surface area (Å²) < 4.78 is 6.43. The summed E-state index contributed by atoms with van der Waals surface area (Å²) in [6.07, 6.45) is 0. The minimum Gasteiger partial charge on any atom is -0.483 e. The zero-order chi connectivity index (χ0) is 14.5. The quantitative estimate of drug-likeness (QED) is 0.882. The van der Waals surface area contributed by atoms with Crippen molar-refractivity contribution in [3.63, 3.8) is 0 Å². The van der Waals surface area contributed by atoms with Gasteiger partial charge < -0.3 is 10.1 Å². The number of anilines is 1. The number of benzene rings is 2. The standard InChI is InChI=1S/C15H13BrClNO2/c1-10-2-5-12(17)8-14(10)20-9-15(19)18-13-6-3-11(16)4-7-13/h2-8H,9H2,1H3,(H,18,19). The Morgan fingerprint density at radius 2 is 1.95 bits per heavy atom. The molecule has 0 aliphatic carbocycles. The van der Waals surface area contributed by atoms with Gasteiger partial charge in [0.05, 0.1) is 0 Å². The monoisotopic (exact) mass is 353 g/mol. The summed E-state index contributed by atoms with van der Waals surface area (Å²) >= 11 is 9.23. The predicted octanol–water partition coefficient (Wildman–Crippen LogP) is 4.43. The van der Waals surface area contributed by atoms with Gasteiger partial charge in [0.25, 0.3) is 5.91 Å². The Balaban J connectivity index is 1.92. The maximum atomic E-state index is 11.8. The minimum absolute atomic E-state index is 0.0583. The Kier molecular flexibility index (Phi) is 5.04. The van der Waals surface area contributed by atoms with Crippen LogP contribution in [0.15, 0.2) is 46.9 Å². The van der Waals surface area contributed by atoms with E-state index in [4.69, 9.17) is 16.3 Å². The van der Waals surface area contributed by atoms with Crippen LogP contribution in [0, 0.1) is 6.92 Å². The zero-order valence-electron chi connectivity index (χ0n) is 10.8. The van der Waals surface area contributed by atoms with Gasteiger partial charge in [-0.1, -0.05) is 33.6 Å². The molecule has 1 amide bonds. The SMILES string of the molecule is Cc1ccc(Cl)cc1OCC(=O)Nc1ccc(Br)cc1. The second-order valence-electron chi connectivity index (χ2n) is 4.25. The second-order valence-corrected chi connectivity index (χ2v) is 5.61. The van der Waals surface area contributed by atoms with Gasteiger partial charge in [0.2, 0.25) is 0 Å². The first-order valence-electron chi connectivity index (χ1n) is 5.99. The first-order valence-corrected chi connectivity index (χ1v) is 7.16. The van der Waals surface area contributed by atoms with E-state index >= 15 is 0 Å². The van der Waals surface area contributed by atoms with E-state index in [0.29, 0.717) is 10.8 Å². The number of hydrogen-bond acceptors (Lipinski definition) is 2. The van der Waals surface area contributed by atoms with E-state index in [0.717, 1.165) is 15.7 Å². The highest BCUT2D eigenvalue weighted by atomic mass is 79.9. The summed E-state index contributed by atoms with van der Waals surface area (Å²) in [4.78, 5) is 11.8. The minimum atomic E-state index is -0.216. The van der Waals surface area contributed by atoms with Crippen molar-refractivity contribution in [3.05, 3.63) is 57.5 Å². The van der Waals surface area contributed by atoms with Crippen LogP contribution in [0.3, 0.4) is 0 Å². The molecule has 2 rings (SSSR count). The largest absolute Gasteiger partial charge is 0.483 e. The van der Waals surface area contributed by atoms with Gasteiger partial charge in [-0.15, -0.1) is 0 Å². The van der Waals surface area contributed by atoms with Crippen LogP contribution in [0.2, 0.25) is 5.02 Å². The zero-order valence-corrected chi connectivity index (χ0v) is 13.2. The van der Waals surface area contributed by atoms with Crippen LogP contribution in [-0.4, -0.2) is 12.5 Å². The third-order valence-electron chi connectivity index (χ3n) is 2.64. The Morgan fingerprint density at radius 3 is 2.65 bits per heavy atom. The molecule has 104 valence electrons. The van der Waals surface area contributed by atoms with Gasteiger partial charge in [0, 0.05) is 15.2 Å². The van der Waals surface area contributed by atoms with E-state index in [1.54, 1.807) is 12.1 Å². The van der Waals surface area contributed by atoms with Gasteiger partial charge in [0.1, 0.15) is 5.75 Å². The molecule has 2 aromatic carbocycles. The van der Waals surface area contributed by atoms with Gasteiger partial charge in [-0.2, -0.15) is 0 Å². The van der Waals surface area contributed by atoms with Crippen molar-refractivity contribution < 1.29 is 9.53 Å². The molecule has 0 fully saturated rings. The average molecular weight is 355 g/mol. The van der Waals surface area contributed by atoms with Gasteiger partial charge in [0.15, 0.2) is 6.61 Å². The number of halogens is 2. The summed E-state index contributed by atoms with van der Waals surface area (Å²) in [6.45, 7) is 1.84. The molecule has 0 aliphatic heterocycles. The topological polar surface area (TPSA) is 38.3 Å². The molecule has 5 heteroatoms. The number of hydrogen-bond donors (Lipinski definition) is 1. The second kappa shape index (κ2) is 6.77. The molecule has 0 aliphatic rings. The summed E-state index contributed by atoms with van der Waals surface area (Å²) in [5, 5.41) is 3.34. The Labute approximate surface area is 131 Å². The molecule has 0 heterocycles. The molecule has 0 saturated heterocycles. The Morgan fingerprint density at radius 1 is 1.25 bits per heavy atom. The fourth-order valence-electron chi connectivity index (χ4n) is 1.60. The molecule has 20 heavy (non-hydrogen) atoms. The highest BCUT2D eigenvalue weighted by molar-refractivity contribution is 9.10. The third kappa shape index (κ3) is 4.25. The number of nitrogens with one attached hydrogen (secondary N) is 1. The molecule has 3 nitrogen and oxygen atoms in total. The van der Waals surface area contributed by atoms with Crippen molar-refractivity contribution in [2.75, 3.05) is 11.9 Å². The molecule has 0 atom stereocenters. The van der Waals surface area contributed by atoms with E-state index in [-0.39, 0.29) is 12.5 Å². The summed E-state index contributed by atoms with van der Waals surface area (Å²) in [7, 11) is 0. The van der Waals surface area contributed by atoms with Crippen molar-refractivity contribution in [1.82, 2.24) is 0 Å². The lowest BCUT2D eigenvalue weighted by atomic mass is 10.2. The molecule has 0 spiro atoms. The third-order valence-corrected chi connectivity index (χ3v) is 3.40. The van der Waals surface area contributed by atoms with Crippen molar-refractivity contribution >= 4 is 39.1 Å². The van der Waals surface area contributed by atoms with Crippen LogP contribution >= 0.6 is 27.5 Å². The van der Waals surface area contributed by atoms with Crippen LogP contribution in [-0.2, 0) is 4.79 Å². The maximum absolute atomic E-state index is 11.8. The van der Waals surface area contributed by atoms with Gasteiger partial charge in [-0.05, 0) is 48.9 Å². The molecule has 1 N–H and O–H groups in total. The molecular weight excluding hydrogens is 342 g/mol. The van der Waals surface area contributed by atoms with Crippen molar-refractivity contribution in [1.29, 1.82) is 0 Å². The van der Waals surface area contributed by atoms with Crippen molar-refractivity contribution in [3.8, 4) is 5.75 Å². The molecule has 0 bridgehead atoms. The maximum Gasteiger partial charge on any atom is 0.262 e. The smallest absolute Gasteiger partial charge is 0.262 e. The van der Waals surface area contributed by atoms with Crippen LogP contribution in [0.4, 0.5) is 5.69 Å². The van der Waals surface area contributed by atoms with Gasteiger partial charge in [-0.25, -0.2) is 0 Å². The van der Waals surface area contributed by atoms with E-state index in [2.05, 4.69) is 21.2 Å². The number of rotatable bonds is 4. The first-order chi connectivity index (χ1) is 9.54. The lowest BCUT2D eigenvalue weighted by molar-refractivity contribution is -0.118. The summed E-state index contributed by atoms with van der Waals surface area (Å²) in [6, 6.07) is 12.7. The fourth-order valence-corrected chi connectivity index (χ4v) is 2.03. The number of carbonyl (C=O) groups excluding carboxylic acids is 1. The number of amides is 1. The van der Waals surface area contributed by atoms with E-state index in [1.165, 1.54) is 0 Å². The van der Waals surface area contributed by atoms with Gasteiger partial charge >= 0.3 is 0 Å². The van der Waals surface area contributed by atoms with Gasteiger partial charge in [-0.3, -0.25) is 4.79 Å². The average Bonchev–Trinajstić information content (AvgIpc) is 2.42. The fraction of sp³-hybridized carbons (Fsp3) is 0.133. The highest BCUT2D eigenvalue weighted by Crippen LogP contribution is 2.22. The summed E-state index contributed by atoms with van der Waals surface area (Å²) in [5.41, 5.74) is 1.66. The normalized spacial score (nSPS) is 10.2. The predicted molar refractivity (Wildman–Crippen MR) is 84.5 cm³/mol. The van der Waals surface area contributed by atoms with Crippen molar-refractivity contribution in [2.24, 2.45) is 0 Å². The summed E-state index contributed by atoms with van der Waals surface area (Å²) in [5.74, 6) is 0.398. The first kappa shape index (κ1) is 14.9. The van der Waals surface area contributed by atoms with Crippen molar-refractivity contribution in [2.45, 2.75) is 6.92 Å². The molecule has 0 unspecified atom stereocenters. The molecule has 0 aromatic heterocycles. The van der Waals surface area contributed by atoms with Crippen LogP contribution in [0.25, 0.3) is 0 Å². The van der Waals surface area contributed by atoms with E-state index in [9.17, 15) is 4.79 Å².